The molecule has 3 nitrogen and oxygen atoms in total. The van der Waals surface area contributed by atoms with Crippen molar-refractivity contribution in [3.05, 3.63) is 71.0 Å². The standard InChI is InChI=1S/C17H14F4N2O/c18-13-7-1-10(2-8-13)9-23-15(14(22)16(23)24)11-3-5-12(6-4-11)17(19,20)21/h1-8,14-15H,9,22H2/t14-,15-/m0/s1. The second kappa shape index (κ2) is 5.90. The summed E-state index contributed by atoms with van der Waals surface area (Å²) in [5.74, 6) is -0.672. The molecule has 0 aliphatic carbocycles. The molecule has 1 aliphatic heterocycles. The van der Waals surface area contributed by atoms with Crippen molar-refractivity contribution in [2.45, 2.75) is 24.8 Å². The third kappa shape index (κ3) is 2.99. The average molecular weight is 338 g/mol. The molecule has 0 spiro atoms. The summed E-state index contributed by atoms with van der Waals surface area (Å²) in [5, 5.41) is 0. The SMILES string of the molecule is N[C@@H]1C(=O)N(Cc2ccc(F)cc2)[C@H]1c1ccc(C(F)(F)F)cc1. The van der Waals surface area contributed by atoms with Crippen LogP contribution in [0.15, 0.2) is 48.5 Å². The molecular weight excluding hydrogens is 324 g/mol. The highest BCUT2D eigenvalue weighted by molar-refractivity contribution is 5.89. The maximum absolute atomic E-state index is 12.9. The van der Waals surface area contributed by atoms with Crippen molar-refractivity contribution >= 4 is 5.91 Å². The molecule has 2 N–H and O–H groups in total. The molecule has 1 amide bonds. The molecule has 2 aromatic rings. The van der Waals surface area contributed by atoms with Crippen LogP contribution in [0, 0.1) is 5.82 Å². The minimum atomic E-state index is -4.41. The second-order valence-electron chi connectivity index (χ2n) is 5.68. The largest absolute Gasteiger partial charge is 0.416 e. The van der Waals surface area contributed by atoms with Gasteiger partial charge >= 0.3 is 6.18 Å². The van der Waals surface area contributed by atoms with Gasteiger partial charge in [-0.15, -0.1) is 0 Å². The fourth-order valence-corrected chi connectivity index (χ4v) is 2.79. The Labute approximate surface area is 135 Å². The number of alkyl halides is 3. The Hall–Kier alpha value is -2.41. The number of β-lactam (4-membered cyclic amide) rings is 1. The molecule has 0 saturated carbocycles. The molecule has 2 aromatic carbocycles. The Morgan fingerprint density at radius 1 is 1.00 bits per heavy atom. The zero-order valence-electron chi connectivity index (χ0n) is 12.4. The molecule has 126 valence electrons. The molecule has 0 radical (unpaired) electrons. The Balaban J connectivity index is 1.80. The molecule has 0 unspecified atom stereocenters. The Kier molecular flexibility index (Phi) is 4.04. The van der Waals surface area contributed by atoms with Crippen LogP contribution < -0.4 is 5.73 Å². The molecule has 3 rings (SSSR count). The predicted molar refractivity (Wildman–Crippen MR) is 79.1 cm³/mol. The Morgan fingerprint density at radius 2 is 1.58 bits per heavy atom. The van der Waals surface area contributed by atoms with Gasteiger partial charge < -0.3 is 10.6 Å². The lowest BCUT2D eigenvalue weighted by molar-refractivity contribution is -0.150. The lowest BCUT2D eigenvalue weighted by Crippen LogP contribution is -2.62. The first-order chi connectivity index (χ1) is 11.3. The van der Waals surface area contributed by atoms with Gasteiger partial charge in [0.25, 0.3) is 0 Å². The van der Waals surface area contributed by atoms with Crippen molar-refractivity contribution in [2.24, 2.45) is 5.73 Å². The van der Waals surface area contributed by atoms with Gasteiger partial charge in [-0.2, -0.15) is 13.2 Å². The van der Waals surface area contributed by atoms with E-state index in [0.29, 0.717) is 11.1 Å². The number of halogens is 4. The highest BCUT2D eigenvalue weighted by atomic mass is 19.4. The van der Waals surface area contributed by atoms with Crippen LogP contribution in [0.3, 0.4) is 0 Å². The number of carbonyl (C=O) groups excluding carboxylic acids is 1. The zero-order chi connectivity index (χ0) is 17.5. The predicted octanol–water partition coefficient (Wildman–Crippen LogP) is 3.26. The minimum absolute atomic E-state index is 0.221. The highest BCUT2D eigenvalue weighted by Crippen LogP contribution is 2.37. The lowest BCUT2D eigenvalue weighted by Gasteiger charge is -2.45. The first-order valence-corrected chi connectivity index (χ1v) is 7.25. The molecule has 0 bridgehead atoms. The summed E-state index contributed by atoms with van der Waals surface area (Å²) in [7, 11) is 0. The number of amides is 1. The maximum Gasteiger partial charge on any atom is 0.416 e. The number of carbonyl (C=O) groups is 1. The molecule has 0 aromatic heterocycles. The van der Waals surface area contributed by atoms with Gasteiger partial charge in [-0.3, -0.25) is 4.79 Å². The van der Waals surface area contributed by atoms with Crippen LogP contribution in [0.25, 0.3) is 0 Å². The van der Waals surface area contributed by atoms with E-state index >= 15 is 0 Å². The molecule has 7 heteroatoms. The minimum Gasteiger partial charge on any atom is -0.328 e. The van der Waals surface area contributed by atoms with Crippen molar-refractivity contribution in [3.8, 4) is 0 Å². The van der Waals surface area contributed by atoms with Crippen molar-refractivity contribution < 1.29 is 22.4 Å². The van der Waals surface area contributed by atoms with Crippen molar-refractivity contribution in [3.63, 3.8) is 0 Å². The summed E-state index contributed by atoms with van der Waals surface area (Å²) in [5.41, 5.74) is 6.32. The van der Waals surface area contributed by atoms with Crippen LogP contribution in [-0.4, -0.2) is 16.8 Å². The summed E-state index contributed by atoms with van der Waals surface area (Å²) in [4.78, 5) is 13.5. The van der Waals surface area contributed by atoms with Crippen LogP contribution in [-0.2, 0) is 17.5 Å². The van der Waals surface area contributed by atoms with E-state index in [1.807, 2.05) is 0 Å². The van der Waals surface area contributed by atoms with Crippen LogP contribution in [0.4, 0.5) is 17.6 Å². The molecule has 2 atom stereocenters. The molecule has 1 aliphatic rings. The topological polar surface area (TPSA) is 46.3 Å². The van der Waals surface area contributed by atoms with Gasteiger partial charge in [0.15, 0.2) is 0 Å². The van der Waals surface area contributed by atoms with Crippen LogP contribution in [0.2, 0.25) is 0 Å². The molecule has 1 fully saturated rings. The van der Waals surface area contributed by atoms with Gasteiger partial charge in [0.2, 0.25) is 5.91 Å². The van der Waals surface area contributed by atoms with E-state index in [-0.39, 0.29) is 18.3 Å². The first kappa shape index (κ1) is 16.4. The molecule has 1 heterocycles. The van der Waals surface area contributed by atoms with E-state index in [4.69, 9.17) is 5.73 Å². The second-order valence-corrected chi connectivity index (χ2v) is 5.68. The number of rotatable bonds is 3. The number of nitrogens with zero attached hydrogens (tertiary/aromatic N) is 1. The summed E-state index contributed by atoms with van der Waals surface area (Å²) in [6, 6.07) is 9.00. The fourth-order valence-electron chi connectivity index (χ4n) is 2.79. The van der Waals surface area contributed by atoms with Gasteiger partial charge in [-0.25, -0.2) is 4.39 Å². The number of likely N-dealkylation sites (tertiary alicyclic amines) is 1. The van der Waals surface area contributed by atoms with Crippen molar-refractivity contribution in [1.82, 2.24) is 4.90 Å². The average Bonchev–Trinajstić information content (AvgIpc) is 2.55. The monoisotopic (exact) mass is 338 g/mol. The van der Waals surface area contributed by atoms with E-state index in [2.05, 4.69) is 0 Å². The summed E-state index contributed by atoms with van der Waals surface area (Å²) in [6.07, 6.45) is -4.41. The van der Waals surface area contributed by atoms with Crippen molar-refractivity contribution in [2.75, 3.05) is 0 Å². The summed E-state index contributed by atoms with van der Waals surface area (Å²) < 4.78 is 50.8. The summed E-state index contributed by atoms with van der Waals surface area (Å²) >= 11 is 0. The first-order valence-electron chi connectivity index (χ1n) is 7.25. The number of nitrogens with two attached hydrogens (primary N) is 1. The van der Waals surface area contributed by atoms with Gasteiger partial charge in [-0.05, 0) is 35.4 Å². The quantitative estimate of drug-likeness (QED) is 0.690. The van der Waals surface area contributed by atoms with Gasteiger partial charge in [0, 0.05) is 6.54 Å². The molecular formula is C17H14F4N2O. The van der Waals surface area contributed by atoms with Gasteiger partial charge in [-0.1, -0.05) is 24.3 Å². The zero-order valence-corrected chi connectivity index (χ0v) is 12.4. The van der Waals surface area contributed by atoms with Gasteiger partial charge in [0.05, 0.1) is 11.6 Å². The van der Waals surface area contributed by atoms with E-state index < -0.39 is 23.8 Å². The normalized spacial score (nSPS) is 20.9. The third-order valence-electron chi connectivity index (χ3n) is 4.09. The van der Waals surface area contributed by atoms with E-state index in [0.717, 1.165) is 12.1 Å². The van der Waals surface area contributed by atoms with Crippen LogP contribution >= 0.6 is 0 Å². The van der Waals surface area contributed by atoms with Crippen LogP contribution in [0.5, 0.6) is 0 Å². The van der Waals surface area contributed by atoms with Gasteiger partial charge in [0.1, 0.15) is 11.9 Å². The van der Waals surface area contributed by atoms with E-state index in [1.54, 1.807) is 12.1 Å². The Bertz CT molecular complexity index is 741. The van der Waals surface area contributed by atoms with E-state index in [1.165, 1.54) is 29.2 Å². The molecule has 1 saturated heterocycles. The van der Waals surface area contributed by atoms with Crippen LogP contribution in [0.1, 0.15) is 22.7 Å². The number of hydrogen-bond acceptors (Lipinski definition) is 2. The maximum atomic E-state index is 12.9. The summed E-state index contributed by atoms with van der Waals surface area (Å²) in [6.45, 7) is 0.221. The lowest BCUT2D eigenvalue weighted by atomic mass is 9.88. The highest BCUT2D eigenvalue weighted by Gasteiger charge is 2.45. The third-order valence-corrected chi connectivity index (χ3v) is 4.09. The number of benzene rings is 2. The smallest absolute Gasteiger partial charge is 0.328 e. The Morgan fingerprint density at radius 3 is 2.12 bits per heavy atom. The fraction of sp³-hybridized carbons (Fsp3) is 0.235. The van der Waals surface area contributed by atoms with E-state index in [9.17, 15) is 22.4 Å². The van der Waals surface area contributed by atoms with Crippen molar-refractivity contribution in [1.29, 1.82) is 0 Å². The number of hydrogen-bond donors (Lipinski definition) is 1. The molecule has 24 heavy (non-hydrogen) atoms.